The van der Waals surface area contributed by atoms with Gasteiger partial charge in [0, 0.05) is 16.0 Å². The lowest BCUT2D eigenvalue weighted by Gasteiger charge is -2.20. The molecule has 0 aliphatic carbocycles. The fourth-order valence-electron chi connectivity index (χ4n) is 1.95. The van der Waals surface area contributed by atoms with Crippen molar-refractivity contribution in [1.29, 1.82) is 0 Å². The SMILES string of the molecule is COC(=O)C[C@@]1(C)COc2ccc(Cl)cc21. The van der Waals surface area contributed by atoms with Crippen LogP contribution < -0.4 is 4.74 Å². The molecule has 1 aliphatic rings. The van der Waals surface area contributed by atoms with Crippen molar-refractivity contribution in [3.8, 4) is 5.75 Å². The molecule has 0 bridgehead atoms. The van der Waals surface area contributed by atoms with Crippen molar-refractivity contribution in [3.05, 3.63) is 28.8 Å². The second-order valence-electron chi connectivity index (χ2n) is 4.24. The Balaban J connectivity index is 2.33. The Bertz CT molecular complexity index is 430. The van der Waals surface area contributed by atoms with Crippen molar-refractivity contribution >= 4 is 17.6 Å². The molecule has 1 heterocycles. The summed E-state index contributed by atoms with van der Waals surface area (Å²) in [6.07, 6.45) is 0.302. The highest BCUT2D eigenvalue weighted by atomic mass is 35.5. The Morgan fingerprint density at radius 3 is 3.06 bits per heavy atom. The van der Waals surface area contributed by atoms with Gasteiger partial charge in [-0.1, -0.05) is 18.5 Å². The summed E-state index contributed by atoms with van der Waals surface area (Å²) in [5.41, 5.74) is 0.637. The molecule has 0 radical (unpaired) electrons. The molecule has 0 spiro atoms. The van der Waals surface area contributed by atoms with E-state index in [9.17, 15) is 4.79 Å². The van der Waals surface area contributed by atoms with E-state index < -0.39 is 0 Å². The fraction of sp³-hybridized carbons (Fsp3) is 0.417. The van der Waals surface area contributed by atoms with Crippen LogP contribution in [0.15, 0.2) is 18.2 Å². The van der Waals surface area contributed by atoms with E-state index in [0.29, 0.717) is 18.1 Å². The number of hydrogen-bond donors (Lipinski definition) is 0. The third kappa shape index (κ3) is 1.87. The van der Waals surface area contributed by atoms with Crippen LogP contribution >= 0.6 is 11.6 Å². The molecule has 1 aromatic rings. The van der Waals surface area contributed by atoms with Gasteiger partial charge in [-0.05, 0) is 18.2 Å². The molecule has 86 valence electrons. The van der Waals surface area contributed by atoms with Crippen molar-refractivity contribution in [2.75, 3.05) is 13.7 Å². The highest BCUT2D eigenvalue weighted by Crippen LogP contribution is 2.42. The van der Waals surface area contributed by atoms with Gasteiger partial charge in [0.25, 0.3) is 0 Å². The molecule has 0 aromatic heterocycles. The van der Waals surface area contributed by atoms with Gasteiger partial charge in [0.05, 0.1) is 20.1 Å². The van der Waals surface area contributed by atoms with Crippen molar-refractivity contribution in [2.45, 2.75) is 18.8 Å². The first-order chi connectivity index (χ1) is 7.55. The van der Waals surface area contributed by atoms with Gasteiger partial charge < -0.3 is 9.47 Å². The number of halogens is 1. The van der Waals surface area contributed by atoms with Gasteiger partial charge in [-0.3, -0.25) is 4.79 Å². The summed E-state index contributed by atoms with van der Waals surface area (Å²) < 4.78 is 10.2. The second kappa shape index (κ2) is 3.98. The molecule has 2 rings (SSSR count). The van der Waals surface area contributed by atoms with Gasteiger partial charge >= 0.3 is 5.97 Å². The number of methoxy groups -OCH3 is 1. The Labute approximate surface area is 99.3 Å². The maximum Gasteiger partial charge on any atom is 0.306 e. The monoisotopic (exact) mass is 240 g/mol. The van der Waals surface area contributed by atoms with E-state index >= 15 is 0 Å². The Kier molecular flexibility index (Phi) is 2.80. The fourth-order valence-corrected chi connectivity index (χ4v) is 2.12. The second-order valence-corrected chi connectivity index (χ2v) is 4.68. The molecule has 0 amide bonds. The summed E-state index contributed by atoms with van der Waals surface area (Å²) in [5, 5.41) is 0.653. The molecule has 0 fully saturated rings. The third-order valence-electron chi connectivity index (χ3n) is 2.90. The van der Waals surface area contributed by atoms with Gasteiger partial charge in [-0.25, -0.2) is 0 Å². The predicted octanol–water partition coefficient (Wildman–Crippen LogP) is 2.55. The number of carbonyl (C=O) groups is 1. The first kappa shape index (κ1) is 11.3. The van der Waals surface area contributed by atoms with E-state index in [1.165, 1.54) is 7.11 Å². The number of esters is 1. The van der Waals surface area contributed by atoms with Crippen LogP contribution in [0.1, 0.15) is 18.9 Å². The topological polar surface area (TPSA) is 35.5 Å². The third-order valence-corrected chi connectivity index (χ3v) is 3.14. The minimum Gasteiger partial charge on any atom is -0.492 e. The van der Waals surface area contributed by atoms with Crippen molar-refractivity contribution in [1.82, 2.24) is 0 Å². The normalized spacial score (nSPS) is 22.4. The van der Waals surface area contributed by atoms with Crippen LogP contribution in [0.3, 0.4) is 0 Å². The molecule has 1 aromatic carbocycles. The van der Waals surface area contributed by atoms with Crippen LogP contribution in [0.2, 0.25) is 5.02 Å². The summed E-state index contributed by atoms with van der Waals surface area (Å²) in [7, 11) is 1.39. The predicted molar refractivity (Wildman–Crippen MR) is 60.9 cm³/mol. The molecule has 0 unspecified atom stereocenters. The van der Waals surface area contributed by atoms with Gasteiger partial charge in [0.2, 0.25) is 0 Å². The van der Waals surface area contributed by atoms with Gasteiger partial charge in [-0.2, -0.15) is 0 Å². The molecule has 0 N–H and O–H groups in total. The van der Waals surface area contributed by atoms with E-state index in [2.05, 4.69) is 0 Å². The number of fused-ring (bicyclic) bond motifs is 1. The standard InChI is InChI=1S/C12H13ClO3/c1-12(6-11(14)15-2)7-16-10-4-3-8(13)5-9(10)12/h3-5H,6-7H2,1-2H3/t12-/m0/s1. The van der Waals surface area contributed by atoms with Crippen LogP contribution in [0.5, 0.6) is 5.75 Å². The van der Waals surface area contributed by atoms with E-state index in [4.69, 9.17) is 21.1 Å². The summed E-state index contributed by atoms with van der Waals surface area (Å²) in [6, 6.07) is 5.47. The Morgan fingerprint density at radius 1 is 1.62 bits per heavy atom. The lowest BCUT2D eigenvalue weighted by atomic mass is 9.81. The van der Waals surface area contributed by atoms with Crippen molar-refractivity contribution in [2.24, 2.45) is 0 Å². The smallest absolute Gasteiger partial charge is 0.306 e. The maximum absolute atomic E-state index is 11.4. The van der Waals surface area contributed by atoms with E-state index in [1.807, 2.05) is 19.1 Å². The number of benzene rings is 1. The molecule has 0 saturated carbocycles. The van der Waals surface area contributed by atoms with Crippen molar-refractivity contribution < 1.29 is 14.3 Å². The van der Waals surface area contributed by atoms with Crippen molar-refractivity contribution in [3.63, 3.8) is 0 Å². The molecular formula is C12H13ClO3. The zero-order chi connectivity index (χ0) is 11.8. The first-order valence-corrected chi connectivity index (χ1v) is 5.42. The maximum atomic E-state index is 11.4. The highest BCUT2D eigenvalue weighted by Gasteiger charge is 2.38. The zero-order valence-corrected chi connectivity index (χ0v) is 10.0. The lowest BCUT2D eigenvalue weighted by Crippen LogP contribution is -2.27. The molecular weight excluding hydrogens is 228 g/mol. The number of carbonyl (C=O) groups excluding carboxylic acids is 1. The van der Waals surface area contributed by atoms with Crippen LogP contribution in [0, 0.1) is 0 Å². The number of ether oxygens (including phenoxy) is 2. The van der Waals surface area contributed by atoms with Gasteiger partial charge in [-0.15, -0.1) is 0 Å². The zero-order valence-electron chi connectivity index (χ0n) is 9.25. The van der Waals surface area contributed by atoms with Crippen LogP contribution in [-0.4, -0.2) is 19.7 Å². The largest absolute Gasteiger partial charge is 0.492 e. The van der Waals surface area contributed by atoms with E-state index in [-0.39, 0.29) is 11.4 Å². The van der Waals surface area contributed by atoms with Crippen LogP contribution in [0.4, 0.5) is 0 Å². The first-order valence-electron chi connectivity index (χ1n) is 5.05. The summed E-state index contributed by atoms with van der Waals surface area (Å²) in [4.78, 5) is 11.4. The summed E-state index contributed by atoms with van der Waals surface area (Å²) in [6.45, 7) is 2.46. The highest BCUT2D eigenvalue weighted by molar-refractivity contribution is 6.30. The van der Waals surface area contributed by atoms with Gasteiger partial charge in [0.15, 0.2) is 0 Å². The summed E-state index contributed by atoms with van der Waals surface area (Å²) in [5.74, 6) is 0.565. The Morgan fingerprint density at radius 2 is 2.38 bits per heavy atom. The van der Waals surface area contributed by atoms with Crippen LogP contribution in [-0.2, 0) is 14.9 Å². The molecule has 1 aliphatic heterocycles. The van der Waals surface area contributed by atoms with E-state index in [0.717, 1.165) is 11.3 Å². The average Bonchev–Trinajstić information content (AvgIpc) is 2.56. The number of hydrogen-bond acceptors (Lipinski definition) is 3. The Hall–Kier alpha value is -1.22. The molecule has 4 heteroatoms. The number of rotatable bonds is 2. The average molecular weight is 241 g/mol. The quantitative estimate of drug-likeness (QED) is 0.746. The van der Waals surface area contributed by atoms with Gasteiger partial charge in [0.1, 0.15) is 5.75 Å². The van der Waals surface area contributed by atoms with E-state index in [1.54, 1.807) is 6.07 Å². The molecule has 16 heavy (non-hydrogen) atoms. The minimum atomic E-state index is -0.340. The van der Waals surface area contributed by atoms with Crippen LogP contribution in [0.25, 0.3) is 0 Å². The molecule has 0 saturated heterocycles. The molecule has 1 atom stereocenters. The molecule has 3 nitrogen and oxygen atoms in total. The summed E-state index contributed by atoms with van der Waals surface area (Å²) >= 11 is 5.95. The minimum absolute atomic E-state index is 0.237. The lowest BCUT2D eigenvalue weighted by molar-refractivity contribution is -0.142.